The molecule has 0 aliphatic carbocycles. The van der Waals surface area contributed by atoms with Gasteiger partial charge in [0.2, 0.25) is 5.16 Å². The molecule has 24 heavy (non-hydrogen) atoms. The third kappa shape index (κ3) is 6.51. The summed E-state index contributed by atoms with van der Waals surface area (Å²) in [5.74, 6) is 1.88. The second-order valence-electron chi connectivity index (χ2n) is 4.77. The van der Waals surface area contributed by atoms with Crippen LogP contribution in [-0.2, 0) is 13.6 Å². The van der Waals surface area contributed by atoms with Crippen molar-refractivity contribution in [1.82, 2.24) is 25.5 Å². The molecular formula is C14H20Br2ClN5OS. The van der Waals surface area contributed by atoms with Gasteiger partial charge in [0.05, 0.1) is 11.1 Å². The van der Waals surface area contributed by atoms with E-state index in [0.717, 1.165) is 50.7 Å². The summed E-state index contributed by atoms with van der Waals surface area (Å²) >= 11 is 8.74. The molecule has 0 aliphatic heterocycles. The second-order valence-corrected chi connectivity index (χ2v) is 7.60. The van der Waals surface area contributed by atoms with Crippen LogP contribution < -0.4 is 10.1 Å². The van der Waals surface area contributed by atoms with Gasteiger partial charge in [-0.3, -0.25) is 0 Å². The average molecular weight is 502 g/mol. The summed E-state index contributed by atoms with van der Waals surface area (Å²) in [4.78, 5) is 0. The van der Waals surface area contributed by atoms with Gasteiger partial charge in [0.1, 0.15) is 5.75 Å². The van der Waals surface area contributed by atoms with E-state index in [4.69, 9.17) is 4.74 Å². The van der Waals surface area contributed by atoms with Gasteiger partial charge in [0, 0.05) is 29.4 Å². The number of nitrogens with one attached hydrogen (secondary N) is 1. The quantitative estimate of drug-likeness (QED) is 0.416. The summed E-state index contributed by atoms with van der Waals surface area (Å²) in [5, 5.41) is 15.7. The van der Waals surface area contributed by atoms with Crippen LogP contribution in [0.2, 0.25) is 0 Å². The minimum absolute atomic E-state index is 0. The van der Waals surface area contributed by atoms with E-state index in [9.17, 15) is 0 Å². The van der Waals surface area contributed by atoms with Crippen LogP contribution in [0.15, 0.2) is 26.2 Å². The Balaban J connectivity index is 0.00000288. The summed E-state index contributed by atoms with van der Waals surface area (Å²) in [6.07, 6.45) is 1.04. The first-order valence-corrected chi connectivity index (χ1v) is 9.85. The van der Waals surface area contributed by atoms with Gasteiger partial charge < -0.3 is 10.1 Å². The zero-order valence-electron chi connectivity index (χ0n) is 13.5. The molecule has 1 aromatic heterocycles. The molecule has 0 saturated heterocycles. The normalized spacial score (nSPS) is 10.5. The molecule has 0 bridgehead atoms. The predicted octanol–water partition coefficient (Wildman–Crippen LogP) is 3.83. The average Bonchev–Trinajstić information content (AvgIpc) is 2.91. The lowest BCUT2D eigenvalue weighted by Gasteiger charge is -2.13. The molecule has 2 aromatic rings. The van der Waals surface area contributed by atoms with Crippen LogP contribution in [0, 0.1) is 0 Å². The summed E-state index contributed by atoms with van der Waals surface area (Å²) in [6, 6.07) is 4.09. The van der Waals surface area contributed by atoms with Gasteiger partial charge in [0.25, 0.3) is 0 Å². The van der Waals surface area contributed by atoms with Crippen molar-refractivity contribution in [3.05, 3.63) is 26.6 Å². The van der Waals surface area contributed by atoms with Gasteiger partial charge in [-0.1, -0.05) is 27.7 Å². The number of thioether (sulfide) groups is 1. The van der Waals surface area contributed by atoms with Crippen molar-refractivity contribution in [3.63, 3.8) is 0 Å². The zero-order chi connectivity index (χ0) is 16.7. The zero-order valence-corrected chi connectivity index (χ0v) is 18.3. The van der Waals surface area contributed by atoms with E-state index in [1.807, 2.05) is 20.0 Å². The molecule has 1 N–H and O–H groups in total. The van der Waals surface area contributed by atoms with Gasteiger partial charge in [-0.25, -0.2) is 4.68 Å². The number of hydrogen-bond acceptors (Lipinski definition) is 6. The summed E-state index contributed by atoms with van der Waals surface area (Å²) in [6.45, 7) is 4.33. The van der Waals surface area contributed by atoms with E-state index in [2.05, 4.69) is 58.8 Å². The summed E-state index contributed by atoms with van der Waals surface area (Å²) in [7, 11) is 1.85. The number of benzene rings is 1. The third-order valence-electron chi connectivity index (χ3n) is 3.00. The molecule has 1 heterocycles. The Morgan fingerprint density at radius 3 is 2.79 bits per heavy atom. The lowest BCUT2D eigenvalue weighted by molar-refractivity contribution is 0.333. The van der Waals surface area contributed by atoms with E-state index in [-0.39, 0.29) is 12.4 Å². The third-order valence-corrected chi connectivity index (χ3v) is 5.14. The Hall–Kier alpha value is -0.350. The maximum absolute atomic E-state index is 5.73. The Morgan fingerprint density at radius 2 is 2.12 bits per heavy atom. The number of halogens is 3. The molecule has 0 radical (unpaired) electrons. The maximum atomic E-state index is 5.73. The van der Waals surface area contributed by atoms with Crippen LogP contribution in [0.3, 0.4) is 0 Å². The van der Waals surface area contributed by atoms with Gasteiger partial charge >= 0.3 is 0 Å². The van der Waals surface area contributed by atoms with E-state index in [0.29, 0.717) is 6.61 Å². The Bertz CT molecular complexity index is 644. The molecule has 0 unspecified atom stereocenters. The van der Waals surface area contributed by atoms with Crippen LogP contribution in [0.5, 0.6) is 5.75 Å². The fraction of sp³-hybridized carbons (Fsp3) is 0.500. The fourth-order valence-corrected chi connectivity index (χ4v) is 4.20. The predicted molar refractivity (Wildman–Crippen MR) is 106 cm³/mol. The van der Waals surface area contributed by atoms with E-state index in [1.54, 1.807) is 16.4 Å². The summed E-state index contributed by atoms with van der Waals surface area (Å²) < 4.78 is 9.42. The van der Waals surface area contributed by atoms with Crippen molar-refractivity contribution >= 4 is 56.0 Å². The molecule has 10 heteroatoms. The van der Waals surface area contributed by atoms with Crippen molar-refractivity contribution in [2.45, 2.75) is 25.0 Å². The van der Waals surface area contributed by atoms with E-state index >= 15 is 0 Å². The first-order chi connectivity index (χ1) is 11.1. The van der Waals surface area contributed by atoms with Crippen LogP contribution in [-0.4, -0.2) is 39.1 Å². The second kappa shape index (κ2) is 11.3. The number of rotatable bonds is 9. The molecule has 0 atom stereocenters. The molecule has 0 spiro atoms. The van der Waals surface area contributed by atoms with Crippen molar-refractivity contribution in [2.24, 2.45) is 7.05 Å². The molecule has 6 nitrogen and oxygen atoms in total. The minimum Gasteiger partial charge on any atom is -0.492 e. The van der Waals surface area contributed by atoms with Crippen LogP contribution in [0.25, 0.3) is 0 Å². The first-order valence-electron chi connectivity index (χ1n) is 7.28. The number of hydrogen-bond donors (Lipinski definition) is 1. The first kappa shape index (κ1) is 21.7. The van der Waals surface area contributed by atoms with Crippen molar-refractivity contribution in [2.75, 3.05) is 18.9 Å². The highest BCUT2D eigenvalue weighted by atomic mass is 79.9. The number of aryl methyl sites for hydroxylation is 1. The molecule has 0 saturated carbocycles. The van der Waals surface area contributed by atoms with Gasteiger partial charge in [0.15, 0.2) is 0 Å². The highest BCUT2D eigenvalue weighted by molar-refractivity contribution is 9.11. The monoisotopic (exact) mass is 499 g/mol. The van der Waals surface area contributed by atoms with Crippen LogP contribution >= 0.6 is 56.0 Å². The topological polar surface area (TPSA) is 64.9 Å². The molecule has 0 amide bonds. The molecular weight excluding hydrogens is 482 g/mol. The molecule has 0 fully saturated rings. The number of tetrazole rings is 1. The molecule has 134 valence electrons. The number of ether oxygens (including phenoxy) is 1. The smallest absolute Gasteiger partial charge is 0.209 e. The Kier molecular flexibility index (Phi) is 10.2. The van der Waals surface area contributed by atoms with Crippen molar-refractivity contribution in [3.8, 4) is 5.75 Å². The highest BCUT2D eigenvalue weighted by Gasteiger charge is 2.09. The van der Waals surface area contributed by atoms with E-state index in [1.165, 1.54) is 0 Å². The van der Waals surface area contributed by atoms with Crippen LogP contribution in [0.4, 0.5) is 0 Å². The minimum atomic E-state index is 0. The SMILES string of the molecule is CCOc1c(Br)cc(Br)cc1CNCCCSc1nnnn1C.Cl. The van der Waals surface area contributed by atoms with Gasteiger partial charge in [-0.2, -0.15) is 0 Å². The lowest BCUT2D eigenvalue weighted by atomic mass is 10.2. The largest absolute Gasteiger partial charge is 0.492 e. The van der Waals surface area contributed by atoms with Crippen molar-refractivity contribution < 1.29 is 4.74 Å². The molecule has 1 aromatic carbocycles. The number of nitrogens with zero attached hydrogens (tertiary/aromatic N) is 4. The van der Waals surface area contributed by atoms with E-state index < -0.39 is 0 Å². The number of aromatic nitrogens is 4. The lowest BCUT2D eigenvalue weighted by Crippen LogP contribution is -2.16. The highest BCUT2D eigenvalue weighted by Crippen LogP contribution is 2.32. The standard InChI is InChI=1S/C14H19Br2N5OS.ClH/c1-3-22-13-10(7-11(15)8-12(13)16)9-17-5-4-6-23-14-18-19-20-21(14)2;/h7-8,17H,3-6,9H2,1-2H3;1H. The van der Waals surface area contributed by atoms with Gasteiger partial charge in [-0.15, -0.1) is 17.5 Å². The Labute approximate surface area is 169 Å². The summed E-state index contributed by atoms with van der Waals surface area (Å²) in [5.41, 5.74) is 1.14. The van der Waals surface area contributed by atoms with Crippen molar-refractivity contribution in [1.29, 1.82) is 0 Å². The van der Waals surface area contributed by atoms with Gasteiger partial charge in [-0.05, 0) is 58.4 Å². The Morgan fingerprint density at radius 1 is 1.33 bits per heavy atom. The fourth-order valence-electron chi connectivity index (χ4n) is 1.98. The maximum Gasteiger partial charge on any atom is 0.209 e. The van der Waals surface area contributed by atoms with Crippen LogP contribution in [0.1, 0.15) is 18.9 Å². The molecule has 0 aliphatic rings. The molecule has 2 rings (SSSR count).